The maximum absolute atomic E-state index is 12.6. The summed E-state index contributed by atoms with van der Waals surface area (Å²) >= 11 is 0. The van der Waals surface area contributed by atoms with Crippen molar-refractivity contribution in [2.45, 2.75) is 44.4 Å². The van der Waals surface area contributed by atoms with Gasteiger partial charge >= 0.3 is 0 Å². The van der Waals surface area contributed by atoms with Crippen LogP contribution in [0, 0.1) is 0 Å². The lowest BCUT2D eigenvalue weighted by atomic mass is 9.87. The molecule has 0 heterocycles. The second kappa shape index (κ2) is 15.0. The van der Waals surface area contributed by atoms with Crippen LogP contribution in [0.25, 0.3) is 0 Å². The highest BCUT2D eigenvalue weighted by molar-refractivity contribution is 14.0. The van der Waals surface area contributed by atoms with Crippen LogP contribution in [0.4, 0.5) is 0 Å². The molecule has 0 saturated heterocycles. The Morgan fingerprint density at radius 2 is 1.77 bits per heavy atom. The van der Waals surface area contributed by atoms with Gasteiger partial charge in [-0.3, -0.25) is 4.99 Å². The van der Waals surface area contributed by atoms with E-state index in [0.29, 0.717) is 23.9 Å². The average molecular weight is 569 g/mol. The van der Waals surface area contributed by atoms with Gasteiger partial charge in [0.2, 0.25) is 0 Å². The lowest BCUT2D eigenvalue weighted by Gasteiger charge is -2.19. The van der Waals surface area contributed by atoms with Crippen molar-refractivity contribution in [2.24, 2.45) is 4.99 Å². The van der Waals surface area contributed by atoms with Crippen LogP contribution in [0.2, 0.25) is 0 Å². The average Bonchev–Trinajstić information content (AvgIpc) is 2.67. The molecular weight excluding hydrogens is 527 g/mol. The summed E-state index contributed by atoms with van der Waals surface area (Å²) < 4.78 is 30.4. The zero-order valence-corrected chi connectivity index (χ0v) is 23.0. The molecule has 1 rings (SSSR count). The van der Waals surface area contributed by atoms with Gasteiger partial charge in [0, 0.05) is 39.9 Å². The first-order chi connectivity index (χ1) is 14.1. The van der Waals surface area contributed by atoms with E-state index in [2.05, 4.69) is 48.3 Å². The van der Waals surface area contributed by atoms with E-state index in [-0.39, 0.29) is 35.1 Å². The highest BCUT2D eigenvalue weighted by atomic mass is 127. The molecule has 0 amide bonds. The molecule has 0 unspecified atom stereocenters. The Bertz CT molecular complexity index is 747. The number of likely N-dealkylation sites (N-methyl/N-ethyl adjacent to an activating group) is 1. The first-order valence-corrected chi connectivity index (χ1v) is 12.3. The fourth-order valence-corrected chi connectivity index (χ4v) is 4.01. The van der Waals surface area contributed by atoms with Crippen LogP contribution in [0.1, 0.15) is 39.7 Å². The smallest absolute Gasteiger partial charge is 0.191 e. The third-order valence-corrected chi connectivity index (χ3v) is 6.46. The van der Waals surface area contributed by atoms with Crippen molar-refractivity contribution >= 4 is 39.8 Å². The number of hydrogen-bond donors (Lipinski definition) is 2. The van der Waals surface area contributed by atoms with Crippen molar-refractivity contribution in [1.82, 2.24) is 15.5 Å². The molecule has 9 heteroatoms. The zero-order chi connectivity index (χ0) is 22.6. The van der Waals surface area contributed by atoms with Crippen LogP contribution < -0.4 is 10.6 Å². The second-order valence-corrected chi connectivity index (χ2v) is 10.5. The predicted molar refractivity (Wildman–Crippen MR) is 141 cm³/mol. The lowest BCUT2D eigenvalue weighted by molar-refractivity contribution is 0.180. The van der Waals surface area contributed by atoms with E-state index >= 15 is 0 Å². The summed E-state index contributed by atoms with van der Waals surface area (Å²) in [6, 6.07) is 7.20. The molecule has 1 aromatic rings. The van der Waals surface area contributed by atoms with Crippen LogP contribution in [-0.2, 0) is 20.0 Å². The van der Waals surface area contributed by atoms with Gasteiger partial charge in [-0.25, -0.2) is 8.42 Å². The Hall–Kier alpha value is -0.910. The Balaban J connectivity index is 0.00000900. The maximum atomic E-state index is 12.6. The molecule has 180 valence electrons. The number of sulfone groups is 1. The van der Waals surface area contributed by atoms with Crippen molar-refractivity contribution in [3.8, 4) is 0 Å². The predicted octanol–water partition coefficient (Wildman–Crippen LogP) is 2.90. The molecule has 0 radical (unpaired) electrons. The molecule has 0 aliphatic rings. The maximum Gasteiger partial charge on any atom is 0.191 e. The third-order valence-electron chi connectivity index (χ3n) is 4.73. The largest absolute Gasteiger partial charge is 0.385 e. The second-order valence-electron chi connectivity index (χ2n) is 8.43. The Morgan fingerprint density at radius 1 is 1.13 bits per heavy atom. The van der Waals surface area contributed by atoms with Crippen LogP contribution in [-0.4, -0.2) is 78.5 Å². The topological polar surface area (TPSA) is 83.0 Å². The van der Waals surface area contributed by atoms with E-state index in [9.17, 15) is 8.42 Å². The molecule has 31 heavy (non-hydrogen) atoms. The summed E-state index contributed by atoms with van der Waals surface area (Å²) in [6.45, 7) is 12.5. The minimum Gasteiger partial charge on any atom is -0.385 e. The number of hydrogen-bond acceptors (Lipinski definition) is 5. The number of guanidine groups is 1. The highest BCUT2D eigenvalue weighted by Crippen LogP contribution is 2.23. The minimum absolute atomic E-state index is 0. The summed E-state index contributed by atoms with van der Waals surface area (Å²) in [6.07, 6.45) is 0.990. The van der Waals surface area contributed by atoms with E-state index in [0.717, 1.165) is 38.2 Å². The van der Waals surface area contributed by atoms with Crippen LogP contribution >= 0.6 is 24.0 Å². The zero-order valence-electron chi connectivity index (χ0n) is 19.9. The molecule has 0 bridgehead atoms. The molecular formula is C22H41IN4O3S. The van der Waals surface area contributed by atoms with Crippen molar-refractivity contribution in [3.63, 3.8) is 0 Å². The van der Waals surface area contributed by atoms with Gasteiger partial charge in [-0.2, -0.15) is 0 Å². The van der Waals surface area contributed by atoms with Crippen molar-refractivity contribution < 1.29 is 13.2 Å². The molecule has 7 nitrogen and oxygen atoms in total. The van der Waals surface area contributed by atoms with E-state index < -0.39 is 9.84 Å². The Labute approximate surface area is 206 Å². The molecule has 0 aromatic heterocycles. The number of benzene rings is 1. The summed E-state index contributed by atoms with van der Waals surface area (Å²) in [5, 5.41) is 6.29. The van der Waals surface area contributed by atoms with E-state index in [4.69, 9.17) is 4.74 Å². The first kappa shape index (κ1) is 30.1. The quantitative estimate of drug-likeness (QED) is 0.175. The van der Waals surface area contributed by atoms with E-state index in [1.165, 1.54) is 0 Å². The number of nitrogens with one attached hydrogen (secondary N) is 2. The molecule has 0 spiro atoms. The van der Waals surface area contributed by atoms with Crippen LogP contribution in [0.15, 0.2) is 34.2 Å². The minimum atomic E-state index is -3.35. The normalized spacial score (nSPS) is 12.5. The fourth-order valence-electron chi connectivity index (χ4n) is 2.85. The fraction of sp³-hybridized carbons (Fsp3) is 0.682. The van der Waals surface area contributed by atoms with Crippen molar-refractivity contribution in [3.05, 3.63) is 29.8 Å². The first-order valence-electron chi connectivity index (χ1n) is 10.6. The number of nitrogens with zero attached hydrogens (tertiary/aromatic N) is 2. The van der Waals surface area contributed by atoms with Gasteiger partial charge in [0.15, 0.2) is 15.8 Å². The molecule has 0 saturated carbocycles. The van der Waals surface area contributed by atoms with Gasteiger partial charge in [0.05, 0.1) is 17.2 Å². The van der Waals surface area contributed by atoms with Crippen molar-refractivity contribution in [2.75, 3.05) is 59.2 Å². The van der Waals surface area contributed by atoms with Gasteiger partial charge in [0.25, 0.3) is 0 Å². The number of halogens is 1. The highest BCUT2D eigenvalue weighted by Gasteiger charge is 2.17. The van der Waals surface area contributed by atoms with Crippen LogP contribution in [0.3, 0.4) is 0 Å². The van der Waals surface area contributed by atoms with E-state index in [1.54, 1.807) is 19.2 Å². The summed E-state index contributed by atoms with van der Waals surface area (Å²) in [7, 11) is 0.421. The number of methoxy groups -OCH3 is 1. The Kier molecular flexibility index (Phi) is 14.6. The SMILES string of the molecule is CCNC(=NCCN(C)CCCOC)NCCS(=O)(=O)c1ccc(C(C)(C)C)cc1.I. The van der Waals surface area contributed by atoms with Gasteiger partial charge in [-0.1, -0.05) is 32.9 Å². The van der Waals surface area contributed by atoms with E-state index in [1.807, 2.05) is 19.1 Å². The monoisotopic (exact) mass is 568 g/mol. The van der Waals surface area contributed by atoms with Gasteiger partial charge in [0.1, 0.15) is 0 Å². The standard InChI is InChI=1S/C22H40N4O3S.HI/c1-7-23-21(24-13-16-26(5)15-8-17-29-6)25-14-18-30(27,28)20-11-9-19(10-12-20)22(2,3)4;/h9-12H,7-8,13-18H2,1-6H3,(H2,23,24,25);1H. The van der Waals surface area contributed by atoms with Gasteiger partial charge in [-0.15, -0.1) is 24.0 Å². The summed E-state index contributed by atoms with van der Waals surface area (Å²) in [5.41, 5.74) is 1.12. The third kappa shape index (κ3) is 12.1. The molecule has 0 aliphatic heterocycles. The number of rotatable bonds is 12. The number of ether oxygens (including phenoxy) is 1. The Morgan fingerprint density at radius 3 is 2.32 bits per heavy atom. The molecule has 0 aliphatic carbocycles. The summed E-state index contributed by atoms with van der Waals surface area (Å²) in [5.74, 6) is 0.657. The van der Waals surface area contributed by atoms with Crippen LogP contribution in [0.5, 0.6) is 0 Å². The lowest BCUT2D eigenvalue weighted by Crippen LogP contribution is -2.40. The van der Waals surface area contributed by atoms with Gasteiger partial charge in [-0.05, 0) is 43.5 Å². The van der Waals surface area contributed by atoms with Crippen molar-refractivity contribution in [1.29, 1.82) is 0 Å². The number of aliphatic imine (C=N–C) groups is 1. The molecule has 1 aromatic carbocycles. The summed E-state index contributed by atoms with van der Waals surface area (Å²) in [4.78, 5) is 7.10. The van der Waals surface area contributed by atoms with Gasteiger partial charge < -0.3 is 20.3 Å². The molecule has 0 fully saturated rings. The molecule has 0 atom stereocenters. The molecule has 2 N–H and O–H groups in total.